The van der Waals surface area contributed by atoms with E-state index < -0.39 is 0 Å². The maximum absolute atomic E-state index is 12.6. The fraction of sp³-hybridized carbons (Fsp3) is 0.333. The van der Waals surface area contributed by atoms with Gasteiger partial charge in [0, 0.05) is 64.2 Å². The molecule has 0 bridgehead atoms. The van der Waals surface area contributed by atoms with Crippen LogP contribution in [-0.4, -0.2) is 43.4 Å². The second-order valence-corrected chi connectivity index (χ2v) is 10.8. The van der Waals surface area contributed by atoms with Gasteiger partial charge in [-0.2, -0.15) is 0 Å². The molecule has 3 heterocycles. The summed E-state index contributed by atoms with van der Waals surface area (Å²) in [6.07, 6.45) is 11.9. The molecule has 0 aliphatic heterocycles. The Kier molecular flexibility index (Phi) is 9.44. The van der Waals surface area contributed by atoms with E-state index >= 15 is 0 Å². The van der Waals surface area contributed by atoms with Crippen molar-refractivity contribution in [2.24, 2.45) is 7.05 Å². The number of aryl methyl sites for hydroxylation is 2. The SMILES string of the molecule is Cn1ccnc1CNCCN(Cc1ccc(CNC(=O)c2c(Cl)cncc2Cl)cc1)C1CCCc2cccnc21. The Hall–Kier alpha value is -3.30. The number of nitrogens with one attached hydrogen (secondary N) is 2. The molecule has 3 aromatic heterocycles. The molecule has 1 unspecified atom stereocenters. The number of hydrogen-bond donors (Lipinski definition) is 2. The van der Waals surface area contributed by atoms with Crippen molar-refractivity contribution in [3.05, 3.63) is 111 Å². The van der Waals surface area contributed by atoms with Gasteiger partial charge in [0.1, 0.15) is 5.82 Å². The van der Waals surface area contributed by atoms with Gasteiger partial charge in [0.05, 0.1) is 33.9 Å². The number of halogens is 2. The van der Waals surface area contributed by atoms with Crippen LogP contribution in [-0.2, 0) is 33.1 Å². The quantitative estimate of drug-likeness (QED) is 0.241. The minimum atomic E-state index is -0.325. The summed E-state index contributed by atoms with van der Waals surface area (Å²) in [6, 6.07) is 12.9. The molecular formula is C30H33Cl2N7O. The smallest absolute Gasteiger partial charge is 0.254 e. The summed E-state index contributed by atoms with van der Waals surface area (Å²) in [6.45, 7) is 3.63. The number of carbonyl (C=O) groups is 1. The highest BCUT2D eigenvalue weighted by molar-refractivity contribution is 6.39. The number of imidazole rings is 1. The number of fused-ring (bicyclic) bond motifs is 1. The van der Waals surface area contributed by atoms with Crippen molar-refractivity contribution in [1.29, 1.82) is 0 Å². The topological polar surface area (TPSA) is 88.0 Å². The molecule has 8 nitrogen and oxygen atoms in total. The minimum Gasteiger partial charge on any atom is -0.348 e. The fourth-order valence-electron chi connectivity index (χ4n) is 5.17. The van der Waals surface area contributed by atoms with Crippen LogP contribution in [0, 0.1) is 0 Å². The van der Waals surface area contributed by atoms with E-state index in [1.807, 2.05) is 36.3 Å². The van der Waals surface area contributed by atoms with Gasteiger partial charge in [-0.15, -0.1) is 0 Å². The van der Waals surface area contributed by atoms with E-state index in [1.54, 1.807) is 0 Å². The maximum atomic E-state index is 12.6. The van der Waals surface area contributed by atoms with Gasteiger partial charge >= 0.3 is 0 Å². The van der Waals surface area contributed by atoms with Crippen molar-refractivity contribution >= 4 is 29.1 Å². The number of benzene rings is 1. The second kappa shape index (κ2) is 13.4. The van der Waals surface area contributed by atoms with Crippen molar-refractivity contribution in [3.8, 4) is 0 Å². The molecular weight excluding hydrogens is 545 g/mol. The van der Waals surface area contributed by atoms with E-state index in [9.17, 15) is 4.79 Å². The van der Waals surface area contributed by atoms with Crippen molar-refractivity contribution in [2.75, 3.05) is 13.1 Å². The van der Waals surface area contributed by atoms with Crippen molar-refractivity contribution in [3.63, 3.8) is 0 Å². The van der Waals surface area contributed by atoms with Gasteiger partial charge in [-0.25, -0.2) is 4.98 Å². The number of rotatable bonds is 11. The summed E-state index contributed by atoms with van der Waals surface area (Å²) in [7, 11) is 2.01. The Balaban J connectivity index is 1.24. The van der Waals surface area contributed by atoms with Crippen molar-refractivity contribution in [2.45, 2.75) is 44.9 Å². The standard InChI is InChI=1S/C30H33Cl2N7O/c1-38-14-13-35-27(38)19-33-12-15-39(26-6-2-4-23-5-3-11-36-29(23)26)20-22-9-7-21(8-10-22)16-37-30(40)28-24(31)17-34-18-25(28)32/h3,5,7-11,13-14,17-18,26,33H,2,4,6,12,15-16,19-20H2,1H3,(H,37,40). The Morgan fingerprint density at radius 2 is 1.82 bits per heavy atom. The first-order valence-electron chi connectivity index (χ1n) is 13.5. The average molecular weight is 579 g/mol. The number of pyridine rings is 2. The van der Waals surface area contributed by atoms with Gasteiger partial charge < -0.3 is 15.2 Å². The van der Waals surface area contributed by atoms with Gasteiger partial charge in [-0.3, -0.25) is 19.7 Å². The van der Waals surface area contributed by atoms with E-state index in [-0.39, 0.29) is 27.6 Å². The Labute approximate surface area is 244 Å². The largest absolute Gasteiger partial charge is 0.348 e. The highest BCUT2D eigenvalue weighted by Gasteiger charge is 2.27. The predicted molar refractivity (Wildman–Crippen MR) is 157 cm³/mol. The van der Waals surface area contributed by atoms with Crippen LogP contribution in [0.15, 0.2) is 67.4 Å². The second-order valence-electron chi connectivity index (χ2n) is 10.0. The van der Waals surface area contributed by atoms with Gasteiger partial charge in [-0.1, -0.05) is 53.5 Å². The van der Waals surface area contributed by atoms with Crippen LogP contribution in [0.25, 0.3) is 0 Å². The first kappa shape index (κ1) is 28.2. The molecule has 40 heavy (non-hydrogen) atoms. The van der Waals surface area contributed by atoms with E-state index in [2.05, 4.69) is 55.8 Å². The van der Waals surface area contributed by atoms with Crippen molar-refractivity contribution < 1.29 is 4.79 Å². The molecule has 0 saturated carbocycles. The van der Waals surface area contributed by atoms with Crippen LogP contribution in [0.3, 0.4) is 0 Å². The summed E-state index contributed by atoms with van der Waals surface area (Å²) in [5, 5.41) is 6.92. The lowest BCUT2D eigenvalue weighted by atomic mass is 9.90. The van der Waals surface area contributed by atoms with E-state index in [0.717, 1.165) is 56.8 Å². The lowest BCUT2D eigenvalue weighted by Crippen LogP contribution is -2.37. The molecule has 1 atom stereocenters. The first-order chi connectivity index (χ1) is 19.5. The van der Waals surface area contributed by atoms with Crippen LogP contribution in [0.4, 0.5) is 0 Å². The zero-order valence-corrected chi connectivity index (χ0v) is 24.0. The molecule has 208 valence electrons. The number of aromatic nitrogens is 4. The molecule has 0 radical (unpaired) electrons. The third kappa shape index (κ3) is 6.88. The van der Waals surface area contributed by atoms with Gasteiger partial charge in [0.2, 0.25) is 0 Å². The molecule has 10 heteroatoms. The lowest BCUT2D eigenvalue weighted by Gasteiger charge is -2.35. The van der Waals surface area contributed by atoms with Gasteiger partial charge in [0.15, 0.2) is 0 Å². The lowest BCUT2D eigenvalue weighted by molar-refractivity contribution is 0.0951. The fourth-order valence-corrected chi connectivity index (χ4v) is 5.71. The van der Waals surface area contributed by atoms with Crippen LogP contribution in [0.2, 0.25) is 10.0 Å². The molecule has 0 spiro atoms. The molecule has 0 saturated heterocycles. The Morgan fingerprint density at radius 3 is 2.58 bits per heavy atom. The first-order valence-corrected chi connectivity index (χ1v) is 14.2. The summed E-state index contributed by atoms with van der Waals surface area (Å²) >= 11 is 12.2. The zero-order valence-electron chi connectivity index (χ0n) is 22.5. The Morgan fingerprint density at radius 1 is 1.05 bits per heavy atom. The summed E-state index contributed by atoms with van der Waals surface area (Å²) in [4.78, 5) is 28.3. The molecule has 1 amide bonds. The third-order valence-corrected chi connectivity index (χ3v) is 7.90. The van der Waals surface area contributed by atoms with Crippen molar-refractivity contribution in [1.82, 2.24) is 35.1 Å². The van der Waals surface area contributed by atoms with Crippen LogP contribution < -0.4 is 10.6 Å². The highest BCUT2D eigenvalue weighted by atomic mass is 35.5. The number of carbonyl (C=O) groups excluding carboxylic acids is 1. The molecule has 1 aliphatic rings. The van der Waals surface area contributed by atoms with Crippen LogP contribution >= 0.6 is 23.2 Å². The summed E-state index contributed by atoms with van der Waals surface area (Å²) in [5.74, 6) is 0.696. The van der Waals surface area contributed by atoms with E-state index in [4.69, 9.17) is 28.2 Å². The van der Waals surface area contributed by atoms with E-state index in [0.29, 0.717) is 6.54 Å². The maximum Gasteiger partial charge on any atom is 0.254 e. The zero-order chi connectivity index (χ0) is 27.9. The number of hydrogen-bond acceptors (Lipinski definition) is 6. The molecule has 0 fully saturated rings. The van der Waals surface area contributed by atoms with E-state index in [1.165, 1.54) is 29.2 Å². The molecule has 4 aromatic rings. The van der Waals surface area contributed by atoms with Crippen LogP contribution in [0.5, 0.6) is 0 Å². The molecule has 5 rings (SSSR count). The van der Waals surface area contributed by atoms with Gasteiger partial charge in [-0.05, 0) is 42.0 Å². The molecule has 2 N–H and O–H groups in total. The summed E-state index contributed by atoms with van der Waals surface area (Å²) in [5.41, 5.74) is 4.99. The predicted octanol–water partition coefficient (Wildman–Crippen LogP) is 5.12. The van der Waals surface area contributed by atoms with Crippen LogP contribution in [0.1, 0.15) is 57.5 Å². The number of nitrogens with zero attached hydrogens (tertiary/aromatic N) is 5. The number of amides is 1. The minimum absolute atomic E-state index is 0.230. The molecule has 1 aromatic carbocycles. The van der Waals surface area contributed by atoms with Gasteiger partial charge in [0.25, 0.3) is 5.91 Å². The third-order valence-electron chi connectivity index (χ3n) is 7.33. The highest BCUT2D eigenvalue weighted by Crippen LogP contribution is 2.33. The summed E-state index contributed by atoms with van der Waals surface area (Å²) < 4.78 is 2.04. The molecule has 1 aliphatic carbocycles. The Bertz CT molecular complexity index is 1420. The monoisotopic (exact) mass is 577 g/mol. The normalized spacial score (nSPS) is 14.8. The average Bonchev–Trinajstić information content (AvgIpc) is 3.38.